The van der Waals surface area contributed by atoms with Crippen LogP contribution in [0.25, 0.3) is 11.3 Å². The summed E-state index contributed by atoms with van der Waals surface area (Å²) in [6.45, 7) is 2.43. The Morgan fingerprint density at radius 3 is 2.45 bits per heavy atom. The first-order chi connectivity index (χ1) is 15.9. The molecule has 8 heteroatoms. The summed E-state index contributed by atoms with van der Waals surface area (Å²) < 4.78 is 27.8. The van der Waals surface area contributed by atoms with Crippen molar-refractivity contribution >= 4 is 32.2 Å². The molecule has 0 spiro atoms. The highest BCUT2D eigenvalue weighted by atomic mass is 32.2. The number of benzene rings is 3. The van der Waals surface area contributed by atoms with Gasteiger partial charge >= 0.3 is 0 Å². The molecule has 0 radical (unpaired) electrons. The summed E-state index contributed by atoms with van der Waals surface area (Å²) in [5, 5.41) is 14.3. The van der Waals surface area contributed by atoms with Gasteiger partial charge in [-0.2, -0.15) is 0 Å². The quantitative estimate of drug-likeness (QED) is 0.383. The van der Waals surface area contributed by atoms with Gasteiger partial charge in [-0.1, -0.05) is 60.7 Å². The number of hydrogen-bond acceptors (Lipinski definition) is 6. The molecule has 0 saturated carbocycles. The normalized spacial score (nSPS) is 14.2. The first-order valence-corrected chi connectivity index (χ1v) is 12.9. The average Bonchev–Trinajstić information content (AvgIpc) is 3.43. The van der Waals surface area contributed by atoms with Crippen molar-refractivity contribution in [1.29, 1.82) is 0 Å². The summed E-state index contributed by atoms with van der Waals surface area (Å²) in [7, 11) is -3.67. The van der Waals surface area contributed by atoms with E-state index in [4.69, 9.17) is 0 Å². The van der Waals surface area contributed by atoms with Crippen molar-refractivity contribution in [2.24, 2.45) is 0 Å². The van der Waals surface area contributed by atoms with Gasteiger partial charge < -0.3 is 10.4 Å². The van der Waals surface area contributed by atoms with Crippen LogP contribution in [0.15, 0.2) is 83.8 Å². The molecule has 2 N–H and O–H groups in total. The Morgan fingerprint density at radius 2 is 1.70 bits per heavy atom. The highest BCUT2D eigenvalue weighted by Crippen LogP contribution is 2.34. The number of thiazole rings is 1. The number of aliphatic hydroxyl groups is 1. The molecule has 1 atom stereocenters. The van der Waals surface area contributed by atoms with Gasteiger partial charge in [0.2, 0.25) is 0 Å². The van der Waals surface area contributed by atoms with Crippen LogP contribution >= 0.6 is 11.3 Å². The third kappa shape index (κ3) is 4.13. The molecule has 168 valence electrons. The number of fused-ring (bicyclic) bond motifs is 1. The number of para-hydroxylation sites is 1. The van der Waals surface area contributed by atoms with Gasteiger partial charge in [-0.25, -0.2) is 13.4 Å². The van der Waals surface area contributed by atoms with Crippen LogP contribution in [0.1, 0.15) is 22.2 Å². The number of nitrogens with zero attached hydrogens (tertiary/aromatic N) is 2. The number of nitrogens with one attached hydrogen (secondary N) is 1. The van der Waals surface area contributed by atoms with E-state index in [2.05, 4.69) is 10.3 Å². The van der Waals surface area contributed by atoms with Crippen molar-refractivity contribution in [1.82, 2.24) is 4.98 Å². The van der Waals surface area contributed by atoms with Crippen LogP contribution in [0.2, 0.25) is 0 Å². The van der Waals surface area contributed by atoms with E-state index in [1.165, 1.54) is 15.6 Å². The Bertz CT molecular complexity index is 1380. The summed E-state index contributed by atoms with van der Waals surface area (Å²) in [6, 6.07) is 23.8. The molecular weight excluding hydrogens is 454 g/mol. The summed E-state index contributed by atoms with van der Waals surface area (Å²) in [5.41, 5.74) is 4.22. The Balaban J connectivity index is 1.33. The van der Waals surface area contributed by atoms with Gasteiger partial charge in [-0.3, -0.25) is 4.31 Å². The second-order valence-corrected chi connectivity index (χ2v) is 10.9. The van der Waals surface area contributed by atoms with E-state index in [0.29, 0.717) is 23.7 Å². The lowest BCUT2D eigenvalue weighted by Gasteiger charge is -2.20. The molecule has 1 aliphatic heterocycles. The van der Waals surface area contributed by atoms with Crippen LogP contribution in [0, 0.1) is 6.92 Å². The number of sulfonamides is 1. The lowest BCUT2D eigenvalue weighted by molar-refractivity contribution is 0.208. The minimum Gasteiger partial charge on any atom is -0.369 e. The van der Waals surface area contributed by atoms with Crippen LogP contribution in [0.5, 0.6) is 0 Å². The predicted molar refractivity (Wildman–Crippen MR) is 132 cm³/mol. The van der Waals surface area contributed by atoms with Gasteiger partial charge in [0.15, 0.2) is 11.4 Å². The fourth-order valence-electron chi connectivity index (χ4n) is 4.03. The fourth-order valence-corrected chi connectivity index (χ4v) is 6.39. The van der Waals surface area contributed by atoms with Crippen molar-refractivity contribution in [3.8, 4) is 11.3 Å². The monoisotopic (exact) mass is 477 g/mol. The number of aliphatic hydroxyl groups excluding tert-OH is 1. The highest BCUT2D eigenvalue weighted by Gasteiger charge is 2.30. The Kier molecular flexibility index (Phi) is 5.65. The maximum atomic E-state index is 13.2. The number of anilines is 2. The Morgan fingerprint density at radius 1 is 1.00 bits per heavy atom. The van der Waals surface area contributed by atoms with Gasteiger partial charge in [0.05, 0.1) is 16.3 Å². The third-order valence-corrected chi connectivity index (χ3v) is 8.46. The smallest absolute Gasteiger partial charge is 0.264 e. The second-order valence-electron chi connectivity index (χ2n) is 7.86. The zero-order chi connectivity index (χ0) is 23.0. The molecule has 1 aliphatic rings. The molecule has 6 nitrogen and oxygen atoms in total. The summed E-state index contributed by atoms with van der Waals surface area (Å²) in [4.78, 5) is 5.87. The van der Waals surface area contributed by atoms with Gasteiger partial charge in [0.25, 0.3) is 10.0 Å². The van der Waals surface area contributed by atoms with E-state index in [0.717, 1.165) is 27.4 Å². The zero-order valence-corrected chi connectivity index (χ0v) is 19.6. The van der Waals surface area contributed by atoms with Crippen molar-refractivity contribution in [3.63, 3.8) is 0 Å². The van der Waals surface area contributed by atoms with E-state index in [-0.39, 0.29) is 4.90 Å². The minimum atomic E-state index is -3.67. The van der Waals surface area contributed by atoms with Crippen molar-refractivity contribution in [2.45, 2.75) is 24.5 Å². The number of rotatable bonds is 6. The van der Waals surface area contributed by atoms with Crippen LogP contribution in [-0.4, -0.2) is 25.1 Å². The molecule has 2 heterocycles. The molecule has 1 aromatic heterocycles. The van der Waals surface area contributed by atoms with Crippen molar-refractivity contribution in [2.75, 3.05) is 16.2 Å². The molecule has 4 aromatic rings. The SMILES string of the molecule is Cc1sc(NC(O)c2ccc(S(=O)(=O)N3CCc4ccccc43)cc2)nc1-c1ccccc1. The first kappa shape index (κ1) is 21.6. The zero-order valence-electron chi connectivity index (χ0n) is 18.0. The van der Waals surface area contributed by atoms with E-state index in [9.17, 15) is 13.5 Å². The summed E-state index contributed by atoms with van der Waals surface area (Å²) >= 11 is 1.47. The first-order valence-electron chi connectivity index (χ1n) is 10.6. The van der Waals surface area contributed by atoms with E-state index in [1.807, 2.05) is 61.5 Å². The van der Waals surface area contributed by atoms with Gasteiger partial charge in [-0.15, -0.1) is 11.3 Å². The fraction of sp³-hybridized carbons (Fsp3) is 0.160. The number of hydrogen-bond donors (Lipinski definition) is 2. The number of aryl methyl sites for hydroxylation is 1. The standard InChI is InChI=1S/C25H23N3O3S2/c1-17-23(19-8-3-2-4-9-19)26-25(32-17)27-24(29)20-11-13-21(14-12-20)33(30,31)28-16-15-18-7-5-6-10-22(18)28/h2-14,24,29H,15-16H2,1H3,(H,26,27). The molecule has 0 aliphatic carbocycles. The average molecular weight is 478 g/mol. The molecule has 5 rings (SSSR count). The topological polar surface area (TPSA) is 82.5 Å². The van der Waals surface area contributed by atoms with Gasteiger partial charge in [-0.05, 0) is 37.1 Å². The molecule has 33 heavy (non-hydrogen) atoms. The van der Waals surface area contributed by atoms with Crippen LogP contribution in [0.4, 0.5) is 10.8 Å². The van der Waals surface area contributed by atoms with Crippen LogP contribution in [-0.2, 0) is 16.4 Å². The maximum absolute atomic E-state index is 13.2. The molecule has 0 saturated heterocycles. The lowest BCUT2D eigenvalue weighted by atomic mass is 10.1. The largest absolute Gasteiger partial charge is 0.369 e. The van der Waals surface area contributed by atoms with E-state index >= 15 is 0 Å². The van der Waals surface area contributed by atoms with Crippen molar-refractivity contribution in [3.05, 3.63) is 94.9 Å². The van der Waals surface area contributed by atoms with E-state index in [1.54, 1.807) is 24.3 Å². The van der Waals surface area contributed by atoms with Gasteiger partial charge in [0, 0.05) is 22.5 Å². The maximum Gasteiger partial charge on any atom is 0.264 e. The summed E-state index contributed by atoms with van der Waals surface area (Å²) in [6.07, 6.45) is -0.308. The molecule has 0 fully saturated rings. The highest BCUT2D eigenvalue weighted by molar-refractivity contribution is 7.92. The summed E-state index contributed by atoms with van der Waals surface area (Å²) in [5.74, 6) is 0. The molecule has 0 amide bonds. The number of aromatic nitrogens is 1. The molecular formula is C25H23N3O3S2. The molecule has 0 bridgehead atoms. The lowest BCUT2D eigenvalue weighted by Crippen LogP contribution is -2.29. The Hall–Kier alpha value is -3.20. The van der Waals surface area contributed by atoms with Crippen LogP contribution in [0.3, 0.4) is 0 Å². The van der Waals surface area contributed by atoms with E-state index < -0.39 is 16.3 Å². The second kappa shape index (κ2) is 8.62. The third-order valence-electron chi connectivity index (χ3n) is 5.73. The van der Waals surface area contributed by atoms with Crippen molar-refractivity contribution < 1.29 is 13.5 Å². The molecule has 3 aromatic carbocycles. The van der Waals surface area contributed by atoms with Gasteiger partial charge in [0.1, 0.15) is 0 Å². The molecule has 1 unspecified atom stereocenters. The van der Waals surface area contributed by atoms with Crippen LogP contribution < -0.4 is 9.62 Å². The Labute approximate surface area is 197 Å². The minimum absolute atomic E-state index is 0.201. The predicted octanol–water partition coefficient (Wildman–Crippen LogP) is 4.97.